The highest BCUT2D eigenvalue weighted by Gasteiger charge is 2.17. The highest BCUT2D eigenvalue weighted by molar-refractivity contribution is 7.81. The maximum atomic E-state index is 12.2. The molecule has 0 aliphatic heterocycles. The van der Waals surface area contributed by atoms with Crippen molar-refractivity contribution < 1.29 is 4.79 Å². The molecule has 2 aromatic rings. The molecular formula is C17H18ClNOS. The van der Waals surface area contributed by atoms with Crippen LogP contribution in [0, 0.1) is 0 Å². The maximum absolute atomic E-state index is 12.2. The summed E-state index contributed by atoms with van der Waals surface area (Å²) in [6, 6.07) is 17.3. The molecule has 4 heteroatoms. The average Bonchev–Trinajstić information content (AvgIpc) is 2.48. The first kappa shape index (κ1) is 15.9. The van der Waals surface area contributed by atoms with Gasteiger partial charge in [-0.05, 0) is 36.6 Å². The topological polar surface area (TPSA) is 29.1 Å². The molecule has 21 heavy (non-hydrogen) atoms. The molecule has 0 saturated heterocycles. The summed E-state index contributed by atoms with van der Waals surface area (Å²) in [7, 11) is 0. The smallest absolute Gasteiger partial charge is 0.233 e. The first-order valence-electron chi connectivity index (χ1n) is 6.84. The minimum absolute atomic E-state index is 0.0744. The summed E-state index contributed by atoms with van der Waals surface area (Å²) in [5, 5.41) is 3.27. The summed E-state index contributed by atoms with van der Waals surface area (Å²) in [4.78, 5) is 12.2. The quantitative estimate of drug-likeness (QED) is 0.800. The van der Waals surface area contributed by atoms with Crippen LogP contribution in [0.4, 0.5) is 0 Å². The van der Waals surface area contributed by atoms with E-state index in [0.29, 0.717) is 11.4 Å². The van der Waals surface area contributed by atoms with E-state index in [1.165, 1.54) is 0 Å². The fraction of sp³-hybridized carbons (Fsp3) is 0.235. The monoisotopic (exact) mass is 319 g/mol. The van der Waals surface area contributed by atoms with Crippen molar-refractivity contribution in [3.05, 3.63) is 70.7 Å². The second kappa shape index (κ2) is 7.53. The first-order chi connectivity index (χ1) is 10.1. The molecule has 0 aliphatic carbocycles. The van der Waals surface area contributed by atoms with E-state index in [-0.39, 0.29) is 17.2 Å². The van der Waals surface area contributed by atoms with Gasteiger partial charge in [0.1, 0.15) is 0 Å². The number of benzene rings is 2. The summed E-state index contributed by atoms with van der Waals surface area (Å²) in [6.07, 6.45) is 0.609. The second-order valence-electron chi connectivity index (χ2n) is 4.99. The third kappa shape index (κ3) is 4.80. The van der Waals surface area contributed by atoms with E-state index < -0.39 is 0 Å². The van der Waals surface area contributed by atoms with Gasteiger partial charge in [-0.25, -0.2) is 0 Å². The summed E-state index contributed by atoms with van der Waals surface area (Å²) in [6.45, 7) is 1.94. The Kier molecular flexibility index (Phi) is 5.71. The molecule has 0 radical (unpaired) electrons. The van der Waals surface area contributed by atoms with E-state index in [9.17, 15) is 4.79 Å². The number of hydrogen-bond donors (Lipinski definition) is 2. The fourth-order valence-corrected chi connectivity index (χ4v) is 2.58. The van der Waals surface area contributed by atoms with E-state index in [4.69, 9.17) is 11.6 Å². The van der Waals surface area contributed by atoms with E-state index in [2.05, 4.69) is 17.9 Å². The van der Waals surface area contributed by atoms with Crippen LogP contribution in [-0.4, -0.2) is 11.2 Å². The average molecular weight is 320 g/mol. The van der Waals surface area contributed by atoms with E-state index >= 15 is 0 Å². The molecule has 0 aliphatic rings. The first-order valence-corrected chi connectivity index (χ1v) is 7.73. The predicted octanol–water partition coefficient (Wildman–Crippen LogP) is 4.06. The molecule has 2 rings (SSSR count). The van der Waals surface area contributed by atoms with Gasteiger partial charge >= 0.3 is 0 Å². The van der Waals surface area contributed by atoms with E-state index in [1.54, 1.807) is 0 Å². The van der Waals surface area contributed by atoms with Crippen molar-refractivity contribution in [2.24, 2.45) is 0 Å². The zero-order chi connectivity index (χ0) is 15.2. The molecule has 0 heterocycles. The molecule has 0 fully saturated rings. The second-order valence-corrected chi connectivity index (χ2v) is 6.05. The van der Waals surface area contributed by atoms with Gasteiger partial charge in [-0.3, -0.25) is 4.79 Å². The zero-order valence-electron chi connectivity index (χ0n) is 11.8. The van der Waals surface area contributed by atoms with Crippen molar-refractivity contribution in [2.75, 3.05) is 0 Å². The van der Waals surface area contributed by atoms with Crippen LogP contribution < -0.4 is 5.32 Å². The molecule has 2 atom stereocenters. The van der Waals surface area contributed by atoms with Crippen LogP contribution >= 0.6 is 24.2 Å². The van der Waals surface area contributed by atoms with E-state index in [1.807, 2.05) is 61.5 Å². The van der Waals surface area contributed by atoms with Gasteiger partial charge in [0.2, 0.25) is 5.91 Å². The summed E-state index contributed by atoms with van der Waals surface area (Å²) in [5.74, 6) is -0.0744. The molecular weight excluding hydrogens is 302 g/mol. The standard InChI is InChI=1S/C17H18ClNOS/c1-12(14-8-5-9-15(18)11-14)19-17(20)16(21)10-13-6-3-2-4-7-13/h2-9,11-12,16,21H,10H2,1H3,(H,19,20). The van der Waals surface area contributed by atoms with Crippen LogP contribution in [0.2, 0.25) is 5.02 Å². The van der Waals surface area contributed by atoms with Crippen LogP contribution in [0.1, 0.15) is 24.1 Å². The number of amides is 1. The molecule has 110 valence electrons. The number of rotatable bonds is 5. The van der Waals surface area contributed by atoms with Crippen molar-refractivity contribution >= 4 is 30.1 Å². The molecule has 2 nitrogen and oxygen atoms in total. The van der Waals surface area contributed by atoms with E-state index in [0.717, 1.165) is 11.1 Å². The Morgan fingerprint density at radius 3 is 2.57 bits per heavy atom. The van der Waals surface area contributed by atoms with Gasteiger partial charge < -0.3 is 5.32 Å². The molecule has 0 spiro atoms. The van der Waals surface area contributed by atoms with Crippen molar-refractivity contribution in [1.82, 2.24) is 5.32 Å². The lowest BCUT2D eigenvalue weighted by atomic mass is 10.1. The predicted molar refractivity (Wildman–Crippen MR) is 90.9 cm³/mol. The lowest BCUT2D eigenvalue weighted by Gasteiger charge is -2.18. The largest absolute Gasteiger partial charge is 0.349 e. The summed E-state index contributed by atoms with van der Waals surface area (Å²) >= 11 is 10.4. The molecule has 2 unspecified atom stereocenters. The fourth-order valence-electron chi connectivity index (χ4n) is 2.10. The minimum atomic E-state index is -0.367. The Hall–Kier alpha value is -1.45. The molecule has 0 aromatic heterocycles. The van der Waals surface area contributed by atoms with Gasteiger partial charge in [0, 0.05) is 5.02 Å². The van der Waals surface area contributed by atoms with Crippen molar-refractivity contribution in [3.63, 3.8) is 0 Å². The van der Waals surface area contributed by atoms with Crippen molar-refractivity contribution in [2.45, 2.75) is 24.6 Å². The zero-order valence-corrected chi connectivity index (χ0v) is 13.4. The Morgan fingerprint density at radius 2 is 1.90 bits per heavy atom. The molecule has 2 aromatic carbocycles. The third-order valence-corrected chi connectivity index (χ3v) is 3.93. The van der Waals surface area contributed by atoms with Gasteiger partial charge in [-0.2, -0.15) is 12.6 Å². The normalized spacial score (nSPS) is 13.5. The Balaban J connectivity index is 1.94. The summed E-state index contributed by atoms with van der Waals surface area (Å²) < 4.78 is 0. The lowest BCUT2D eigenvalue weighted by Crippen LogP contribution is -2.34. The molecule has 0 bridgehead atoms. The Labute approximate surface area is 135 Å². The highest BCUT2D eigenvalue weighted by atomic mass is 35.5. The molecule has 0 saturated carbocycles. The molecule has 1 amide bonds. The SMILES string of the molecule is CC(NC(=O)C(S)Cc1ccccc1)c1cccc(Cl)c1. The van der Waals surface area contributed by atoms with Gasteiger partial charge in [0.25, 0.3) is 0 Å². The van der Waals surface area contributed by atoms with Crippen molar-refractivity contribution in [1.29, 1.82) is 0 Å². The van der Waals surface area contributed by atoms with Gasteiger partial charge in [0.15, 0.2) is 0 Å². The van der Waals surface area contributed by atoms with Gasteiger partial charge in [-0.1, -0.05) is 54.1 Å². The van der Waals surface area contributed by atoms with Crippen LogP contribution in [0.25, 0.3) is 0 Å². The highest BCUT2D eigenvalue weighted by Crippen LogP contribution is 2.18. The van der Waals surface area contributed by atoms with Crippen LogP contribution in [-0.2, 0) is 11.2 Å². The van der Waals surface area contributed by atoms with Crippen molar-refractivity contribution in [3.8, 4) is 0 Å². The van der Waals surface area contributed by atoms with Crippen LogP contribution in [0.5, 0.6) is 0 Å². The third-order valence-electron chi connectivity index (χ3n) is 3.28. The summed E-state index contributed by atoms with van der Waals surface area (Å²) in [5.41, 5.74) is 2.08. The number of nitrogens with one attached hydrogen (secondary N) is 1. The number of halogens is 1. The lowest BCUT2D eigenvalue weighted by molar-refractivity contribution is -0.121. The Bertz CT molecular complexity index is 603. The minimum Gasteiger partial charge on any atom is -0.349 e. The van der Waals surface area contributed by atoms with Crippen LogP contribution in [0.15, 0.2) is 54.6 Å². The molecule has 1 N–H and O–H groups in total. The maximum Gasteiger partial charge on any atom is 0.233 e. The Morgan fingerprint density at radius 1 is 1.19 bits per heavy atom. The van der Waals surface area contributed by atoms with Gasteiger partial charge in [0.05, 0.1) is 11.3 Å². The number of carbonyl (C=O) groups excluding carboxylic acids is 1. The van der Waals surface area contributed by atoms with Crippen LogP contribution in [0.3, 0.4) is 0 Å². The number of hydrogen-bond acceptors (Lipinski definition) is 2. The van der Waals surface area contributed by atoms with Gasteiger partial charge in [-0.15, -0.1) is 0 Å². The number of thiol groups is 1. The number of carbonyl (C=O) groups is 1.